The molecule has 1 fully saturated rings. The van der Waals surface area contributed by atoms with Gasteiger partial charge in [-0.25, -0.2) is 13.8 Å². The second-order valence-electron chi connectivity index (χ2n) is 7.80. The van der Waals surface area contributed by atoms with Crippen LogP contribution in [0, 0.1) is 11.6 Å². The molecule has 4 rings (SSSR count). The second-order valence-corrected chi connectivity index (χ2v) is 7.80. The molecule has 1 saturated heterocycles. The van der Waals surface area contributed by atoms with Gasteiger partial charge in [-0.05, 0) is 42.7 Å². The van der Waals surface area contributed by atoms with E-state index in [1.165, 1.54) is 29.8 Å². The van der Waals surface area contributed by atoms with Crippen molar-refractivity contribution < 1.29 is 13.6 Å². The highest BCUT2D eigenvalue weighted by Gasteiger charge is 2.20. The van der Waals surface area contributed by atoms with Crippen molar-refractivity contribution in [2.45, 2.75) is 32.2 Å². The van der Waals surface area contributed by atoms with Crippen molar-refractivity contribution in [2.24, 2.45) is 7.05 Å². The van der Waals surface area contributed by atoms with Gasteiger partial charge in [0.25, 0.3) is 5.91 Å². The third kappa shape index (κ3) is 4.90. The van der Waals surface area contributed by atoms with E-state index >= 15 is 0 Å². The monoisotopic (exact) mass is 425 g/mol. The van der Waals surface area contributed by atoms with Crippen molar-refractivity contribution in [1.29, 1.82) is 0 Å². The molecule has 1 N–H and O–H groups in total. The quantitative estimate of drug-likeness (QED) is 0.669. The maximum atomic E-state index is 14.3. The van der Waals surface area contributed by atoms with Crippen molar-refractivity contribution >= 4 is 11.7 Å². The van der Waals surface area contributed by atoms with E-state index in [-0.39, 0.29) is 22.7 Å². The molecular weight excluding hydrogens is 400 g/mol. The Morgan fingerprint density at radius 3 is 2.61 bits per heavy atom. The largest absolute Gasteiger partial charge is 0.357 e. The van der Waals surface area contributed by atoms with Crippen LogP contribution in [-0.2, 0) is 13.6 Å². The summed E-state index contributed by atoms with van der Waals surface area (Å²) in [6, 6.07) is 7.09. The van der Waals surface area contributed by atoms with Crippen LogP contribution < -0.4 is 10.2 Å². The zero-order chi connectivity index (χ0) is 21.8. The van der Waals surface area contributed by atoms with Gasteiger partial charge in [0, 0.05) is 50.7 Å². The number of pyridine rings is 1. The van der Waals surface area contributed by atoms with Crippen molar-refractivity contribution in [2.75, 3.05) is 18.0 Å². The standard InChI is InChI=1S/C23H25F2N5O/c1-29-15-19(22(28-29)18-7-6-17(24)13-20(18)25)23(31)27-14-16-8-9-26-21(12-16)30-10-4-2-3-5-11-30/h6-9,12-13,15H,2-5,10-11,14H2,1H3,(H,27,31). The number of amides is 1. The van der Waals surface area contributed by atoms with Crippen LogP contribution in [0.3, 0.4) is 0 Å². The first-order valence-electron chi connectivity index (χ1n) is 10.5. The van der Waals surface area contributed by atoms with Gasteiger partial charge in [-0.3, -0.25) is 9.48 Å². The predicted octanol–water partition coefficient (Wildman–Crippen LogP) is 4.07. The Labute approximate surface area is 179 Å². The van der Waals surface area contributed by atoms with Crippen LogP contribution in [0.4, 0.5) is 14.6 Å². The van der Waals surface area contributed by atoms with E-state index in [9.17, 15) is 13.6 Å². The molecule has 0 bridgehead atoms. The number of hydrogen-bond acceptors (Lipinski definition) is 4. The number of hydrogen-bond donors (Lipinski definition) is 1. The molecule has 3 aromatic rings. The Morgan fingerprint density at radius 1 is 1.10 bits per heavy atom. The Balaban J connectivity index is 1.49. The third-order valence-electron chi connectivity index (χ3n) is 5.45. The number of anilines is 1. The molecule has 0 saturated carbocycles. The van der Waals surface area contributed by atoms with Crippen molar-refractivity contribution in [3.8, 4) is 11.3 Å². The fraction of sp³-hybridized carbons (Fsp3) is 0.348. The molecule has 3 heterocycles. The first-order valence-corrected chi connectivity index (χ1v) is 10.5. The topological polar surface area (TPSA) is 63.1 Å². The summed E-state index contributed by atoms with van der Waals surface area (Å²) >= 11 is 0. The fourth-order valence-electron chi connectivity index (χ4n) is 3.86. The molecule has 162 valence electrons. The minimum absolute atomic E-state index is 0.0829. The average molecular weight is 425 g/mol. The molecule has 8 heteroatoms. The van der Waals surface area contributed by atoms with E-state index in [2.05, 4.69) is 20.3 Å². The molecule has 31 heavy (non-hydrogen) atoms. The molecule has 6 nitrogen and oxygen atoms in total. The van der Waals surface area contributed by atoms with E-state index in [1.54, 1.807) is 13.2 Å². The number of aryl methyl sites for hydroxylation is 1. The Morgan fingerprint density at radius 2 is 1.87 bits per heavy atom. The summed E-state index contributed by atoms with van der Waals surface area (Å²) in [5, 5.41) is 7.09. The minimum atomic E-state index is -0.760. The lowest BCUT2D eigenvalue weighted by Crippen LogP contribution is -2.26. The van der Waals surface area contributed by atoms with Crippen LogP contribution in [0.5, 0.6) is 0 Å². The fourth-order valence-corrected chi connectivity index (χ4v) is 3.86. The molecule has 0 spiro atoms. The molecule has 1 aliphatic heterocycles. The van der Waals surface area contributed by atoms with Crippen LogP contribution in [0.2, 0.25) is 0 Å². The van der Waals surface area contributed by atoms with E-state index in [0.717, 1.165) is 49.4 Å². The molecule has 0 unspecified atom stereocenters. The summed E-state index contributed by atoms with van der Waals surface area (Å²) in [6.07, 6.45) is 8.09. The number of carbonyl (C=O) groups is 1. The van der Waals surface area contributed by atoms with Gasteiger partial charge in [0.05, 0.1) is 5.56 Å². The number of benzene rings is 1. The Bertz CT molecular complexity index is 1070. The normalized spacial score (nSPS) is 14.4. The van der Waals surface area contributed by atoms with Crippen molar-refractivity contribution in [3.05, 3.63) is 65.5 Å². The second kappa shape index (κ2) is 9.24. The highest BCUT2D eigenvalue weighted by molar-refractivity contribution is 5.99. The zero-order valence-corrected chi connectivity index (χ0v) is 17.4. The van der Waals surface area contributed by atoms with Gasteiger partial charge >= 0.3 is 0 Å². The summed E-state index contributed by atoms with van der Waals surface area (Å²) < 4.78 is 29.0. The molecule has 1 amide bonds. The molecular formula is C23H25F2N5O. The lowest BCUT2D eigenvalue weighted by atomic mass is 10.1. The average Bonchev–Trinajstić information content (AvgIpc) is 2.96. The SMILES string of the molecule is Cn1cc(C(=O)NCc2ccnc(N3CCCCCC3)c2)c(-c2ccc(F)cc2F)n1. The predicted molar refractivity (Wildman–Crippen MR) is 115 cm³/mol. The Kier molecular flexibility index (Phi) is 6.25. The van der Waals surface area contributed by atoms with Crippen molar-refractivity contribution in [3.63, 3.8) is 0 Å². The van der Waals surface area contributed by atoms with Gasteiger partial charge in [0.2, 0.25) is 0 Å². The number of aromatic nitrogens is 3. The number of nitrogens with one attached hydrogen (secondary N) is 1. The van der Waals surface area contributed by atoms with Gasteiger partial charge in [0.15, 0.2) is 0 Å². The highest BCUT2D eigenvalue weighted by atomic mass is 19.1. The summed E-state index contributed by atoms with van der Waals surface area (Å²) in [7, 11) is 1.65. The van der Waals surface area contributed by atoms with Gasteiger partial charge in [-0.1, -0.05) is 12.8 Å². The first-order chi connectivity index (χ1) is 15.0. The smallest absolute Gasteiger partial charge is 0.255 e. The van der Waals surface area contributed by atoms with Crippen LogP contribution in [-0.4, -0.2) is 33.8 Å². The molecule has 0 aliphatic carbocycles. The van der Waals surface area contributed by atoms with E-state index < -0.39 is 11.6 Å². The molecule has 1 aliphatic rings. The molecule has 0 atom stereocenters. The third-order valence-corrected chi connectivity index (χ3v) is 5.45. The van der Waals surface area contributed by atoms with Crippen molar-refractivity contribution in [1.82, 2.24) is 20.1 Å². The van der Waals surface area contributed by atoms with E-state index in [1.807, 2.05) is 12.1 Å². The van der Waals surface area contributed by atoms with Gasteiger partial charge < -0.3 is 10.2 Å². The highest BCUT2D eigenvalue weighted by Crippen LogP contribution is 2.25. The first kappa shape index (κ1) is 21.0. The minimum Gasteiger partial charge on any atom is -0.357 e. The zero-order valence-electron chi connectivity index (χ0n) is 17.4. The summed E-state index contributed by atoms with van der Waals surface area (Å²) in [5.74, 6) is -0.894. The Hall–Kier alpha value is -3.29. The molecule has 2 aromatic heterocycles. The van der Waals surface area contributed by atoms with Gasteiger partial charge in [-0.2, -0.15) is 5.10 Å². The van der Waals surface area contributed by atoms with Gasteiger partial charge in [0.1, 0.15) is 23.1 Å². The maximum Gasteiger partial charge on any atom is 0.255 e. The van der Waals surface area contributed by atoms with Crippen LogP contribution in [0.25, 0.3) is 11.3 Å². The lowest BCUT2D eigenvalue weighted by Gasteiger charge is -2.21. The van der Waals surface area contributed by atoms with Crippen LogP contribution in [0.1, 0.15) is 41.6 Å². The maximum absolute atomic E-state index is 14.3. The van der Waals surface area contributed by atoms with E-state index in [4.69, 9.17) is 0 Å². The number of nitrogens with zero attached hydrogens (tertiary/aromatic N) is 4. The van der Waals surface area contributed by atoms with Gasteiger partial charge in [-0.15, -0.1) is 0 Å². The molecule has 1 aromatic carbocycles. The number of rotatable bonds is 5. The number of halogens is 2. The number of carbonyl (C=O) groups excluding carboxylic acids is 1. The molecule has 0 radical (unpaired) electrons. The lowest BCUT2D eigenvalue weighted by molar-refractivity contribution is 0.0951. The summed E-state index contributed by atoms with van der Waals surface area (Å²) in [4.78, 5) is 19.6. The summed E-state index contributed by atoms with van der Waals surface area (Å²) in [5.41, 5.74) is 1.42. The van der Waals surface area contributed by atoms with Crippen LogP contribution >= 0.6 is 0 Å². The summed E-state index contributed by atoms with van der Waals surface area (Å²) in [6.45, 7) is 2.29. The van der Waals surface area contributed by atoms with Crippen LogP contribution in [0.15, 0.2) is 42.7 Å². The van der Waals surface area contributed by atoms with E-state index in [0.29, 0.717) is 6.54 Å².